The summed E-state index contributed by atoms with van der Waals surface area (Å²) in [5.74, 6) is -0.969. The Morgan fingerprint density at radius 3 is 2.57 bits per heavy atom. The number of halogens is 3. The van der Waals surface area contributed by atoms with Crippen molar-refractivity contribution in [1.29, 1.82) is 0 Å². The number of aryl methyl sites for hydroxylation is 1. The quantitative estimate of drug-likeness (QED) is 0.588. The number of pyridine rings is 2. The molecule has 30 heavy (non-hydrogen) atoms. The number of fused-ring (bicyclic) bond motifs is 1. The zero-order valence-corrected chi connectivity index (χ0v) is 16.1. The van der Waals surface area contributed by atoms with E-state index in [-0.39, 0.29) is 5.69 Å². The molecule has 0 saturated carbocycles. The molecular weight excluding hydrogens is 399 g/mol. The lowest BCUT2D eigenvalue weighted by molar-refractivity contribution is -0.138. The van der Waals surface area contributed by atoms with Gasteiger partial charge in [-0.05, 0) is 31.5 Å². The standard InChI is InChI=1S/C20H18F3N5O2/c1-3-25-19(30)28-16-11(2)9-26-17-12(16)5-4-6-15(17)27-18(29)13-10-24-8-7-14(13)20(21,22)23/h4-10H,3H2,1-2H3,(H,27,29)(H2,25,26,28,30). The van der Waals surface area contributed by atoms with Gasteiger partial charge >= 0.3 is 12.2 Å². The summed E-state index contributed by atoms with van der Waals surface area (Å²) in [6.45, 7) is 3.96. The first-order chi connectivity index (χ1) is 14.2. The molecule has 0 fully saturated rings. The van der Waals surface area contributed by atoms with E-state index in [1.54, 1.807) is 26.0 Å². The maximum atomic E-state index is 13.2. The first-order valence-electron chi connectivity index (χ1n) is 8.98. The molecule has 2 aromatic heterocycles. The Hall–Kier alpha value is -3.69. The van der Waals surface area contributed by atoms with E-state index in [2.05, 4.69) is 25.9 Å². The average Bonchev–Trinajstić information content (AvgIpc) is 2.70. The van der Waals surface area contributed by atoms with Gasteiger partial charge in [-0.3, -0.25) is 14.8 Å². The summed E-state index contributed by atoms with van der Waals surface area (Å²) in [6.07, 6.45) is -1.36. The van der Waals surface area contributed by atoms with Crippen LogP contribution in [0.5, 0.6) is 0 Å². The van der Waals surface area contributed by atoms with Gasteiger partial charge in [-0.2, -0.15) is 13.2 Å². The maximum absolute atomic E-state index is 13.2. The third-order valence-corrected chi connectivity index (χ3v) is 4.28. The SMILES string of the molecule is CCNC(=O)Nc1c(C)cnc2c(NC(=O)c3cnccc3C(F)(F)F)cccc12. The number of carbonyl (C=O) groups excluding carboxylic acids is 2. The molecule has 0 aliphatic rings. The van der Waals surface area contributed by atoms with Crippen LogP contribution in [0, 0.1) is 6.92 Å². The fourth-order valence-electron chi connectivity index (χ4n) is 2.92. The van der Waals surface area contributed by atoms with Gasteiger partial charge in [0, 0.05) is 30.5 Å². The number of urea groups is 1. The van der Waals surface area contributed by atoms with E-state index >= 15 is 0 Å². The summed E-state index contributed by atoms with van der Waals surface area (Å²) in [7, 11) is 0. The van der Waals surface area contributed by atoms with E-state index in [1.807, 2.05) is 0 Å². The summed E-state index contributed by atoms with van der Waals surface area (Å²) in [4.78, 5) is 32.5. The predicted octanol–water partition coefficient (Wildman–Crippen LogP) is 4.35. The maximum Gasteiger partial charge on any atom is 0.417 e. The molecule has 0 aliphatic heterocycles. The highest BCUT2D eigenvalue weighted by Crippen LogP contribution is 2.33. The molecule has 3 aromatic rings. The van der Waals surface area contributed by atoms with Crippen molar-refractivity contribution in [2.24, 2.45) is 0 Å². The van der Waals surface area contributed by atoms with Crippen molar-refractivity contribution in [3.05, 3.63) is 59.5 Å². The van der Waals surface area contributed by atoms with Gasteiger partial charge in [0.1, 0.15) is 0 Å². The summed E-state index contributed by atoms with van der Waals surface area (Å²) in [5.41, 5.74) is 0.00444. The molecule has 2 heterocycles. The molecule has 0 unspecified atom stereocenters. The first kappa shape index (κ1) is 21.0. The molecule has 0 spiro atoms. The fourth-order valence-corrected chi connectivity index (χ4v) is 2.92. The monoisotopic (exact) mass is 417 g/mol. The van der Waals surface area contributed by atoms with Crippen molar-refractivity contribution < 1.29 is 22.8 Å². The number of rotatable bonds is 4. The van der Waals surface area contributed by atoms with Gasteiger partial charge in [0.15, 0.2) is 0 Å². The van der Waals surface area contributed by atoms with Crippen molar-refractivity contribution in [2.75, 3.05) is 17.2 Å². The zero-order valence-electron chi connectivity index (χ0n) is 16.1. The Morgan fingerprint density at radius 1 is 1.10 bits per heavy atom. The van der Waals surface area contributed by atoms with Gasteiger partial charge in [0.2, 0.25) is 0 Å². The van der Waals surface area contributed by atoms with Crippen LogP contribution in [-0.4, -0.2) is 28.5 Å². The van der Waals surface area contributed by atoms with Gasteiger partial charge in [0.05, 0.1) is 28.0 Å². The van der Waals surface area contributed by atoms with Crippen LogP contribution in [-0.2, 0) is 6.18 Å². The van der Waals surface area contributed by atoms with Crippen molar-refractivity contribution in [1.82, 2.24) is 15.3 Å². The number of nitrogens with one attached hydrogen (secondary N) is 3. The molecule has 0 atom stereocenters. The number of hydrogen-bond acceptors (Lipinski definition) is 4. The number of hydrogen-bond donors (Lipinski definition) is 3. The Labute approximate surface area is 169 Å². The summed E-state index contributed by atoms with van der Waals surface area (Å²) in [6, 6.07) is 5.15. The molecule has 10 heteroatoms. The van der Waals surface area contributed by atoms with E-state index in [0.717, 1.165) is 18.5 Å². The van der Waals surface area contributed by atoms with Crippen molar-refractivity contribution in [3.63, 3.8) is 0 Å². The number of nitrogens with zero attached hydrogens (tertiary/aromatic N) is 2. The number of amides is 3. The molecule has 0 bridgehead atoms. The highest BCUT2D eigenvalue weighted by molar-refractivity contribution is 6.11. The molecule has 3 amide bonds. The smallest absolute Gasteiger partial charge is 0.338 e. The van der Waals surface area contributed by atoms with E-state index in [4.69, 9.17) is 0 Å². The van der Waals surface area contributed by atoms with Crippen LogP contribution >= 0.6 is 0 Å². The van der Waals surface area contributed by atoms with Gasteiger partial charge in [0.25, 0.3) is 5.91 Å². The van der Waals surface area contributed by atoms with Gasteiger partial charge < -0.3 is 16.0 Å². The summed E-state index contributed by atoms with van der Waals surface area (Å²) >= 11 is 0. The molecule has 7 nitrogen and oxygen atoms in total. The normalized spacial score (nSPS) is 11.2. The van der Waals surface area contributed by atoms with Crippen LogP contribution in [0.15, 0.2) is 42.9 Å². The highest BCUT2D eigenvalue weighted by Gasteiger charge is 2.35. The molecular formula is C20H18F3N5O2. The summed E-state index contributed by atoms with van der Waals surface area (Å²) in [5, 5.41) is 8.35. The molecule has 1 aromatic carbocycles. The Morgan fingerprint density at radius 2 is 1.87 bits per heavy atom. The second-order valence-corrected chi connectivity index (χ2v) is 6.38. The highest BCUT2D eigenvalue weighted by atomic mass is 19.4. The van der Waals surface area contributed by atoms with Crippen molar-refractivity contribution in [3.8, 4) is 0 Å². The lowest BCUT2D eigenvalue weighted by Crippen LogP contribution is -2.28. The van der Waals surface area contributed by atoms with Crippen LogP contribution in [0.2, 0.25) is 0 Å². The number of benzene rings is 1. The lowest BCUT2D eigenvalue weighted by atomic mass is 10.1. The van der Waals surface area contributed by atoms with Gasteiger partial charge in [-0.1, -0.05) is 12.1 Å². The van der Waals surface area contributed by atoms with Crippen LogP contribution in [0.25, 0.3) is 10.9 Å². The lowest BCUT2D eigenvalue weighted by Gasteiger charge is -2.15. The Bertz CT molecular complexity index is 1120. The van der Waals surface area contributed by atoms with Crippen LogP contribution in [0.1, 0.15) is 28.4 Å². The van der Waals surface area contributed by atoms with E-state index < -0.39 is 29.2 Å². The number of anilines is 2. The Kier molecular flexibility index (Phi) is 5.86. The third kappa shape index (κ3) is 4.32. The second kappa shape index (κ2) is 8.36. The van der Waals surface area contributed by atoms with Crippen LogP contribution in [0.3, 0.4) is 0 Å². The largest absolute Gasteiger partial charge is 0.417 e. The number of carbonyl (C=O) groups is 2. The molecule has 0 saturated heterocycles. The fraction of sp³-hybridized carbons (Fsp3) is 0.200. The van der Waals surface area contributed by atoms with Gasteiger partial charge in [-0.15, -0.1) is 0 Å². The molecule has 156 valence electrons. The Balaban J connectivity index is 2.01. The van der Waals surface area contributed by atoms with Crippen molar-refractivity contribution >= 4 is 34.2 Å². The topological polar surface area (TPSA) is 96.0 Å². The van der Waals surface area contributed by atoms with E-state index in [1.165, 1.54) is 12.3 Å². The minimum atomic E-state index is -4.70. The molecule has 0 aliphatic carbocycles. The predicted molar refractivity (Wildman–Crippen MR) is 106 cm³/mol. The number of alkyl halides is 3. The molecule has 3 N–H and O–H groups in total. The first-order valence-corrected chi connectivity index (χ1v) is 8.98. The van der Waals surface area contributed by atoms with Crippen molar-refractivity contribution in [2.45, 2.75) is 20.0 Å². The second-order valence-electron chi connectivity index (χ2n) is 6.38. The minimum absolute atomic E-state index is 0.202. The third-order valence-electron chi connectivity index (χ3n) is 4.28. The average molecular weight is 417 g/mol. The molecule has 0 radical (unpaired) electrons. The minimum Gasteiger partial charge on any atom is -0.338 e. The molecule has 3 rings (SSSR count). The van der Waals surface area contributed by atoms with Crippen LogP contribution in [0.4, 0.5) is 29.3 Å². The van der Waals surface area contributed by atoms with Gasteiger partial charge in [-0.25, -0.2) is 4.79 Å². The zero-order chi connectivity index (χ0) is 21.9. The van der Waals surface area contributed by atoms with E-state index in [0.29, 0.717) is 28.7 Å². The van der Waals surface area contributed by atoms with Crippen LogP contribution < -0.4 is 16.0 Å². The number of para-hydroxylation sites is 1. The summed E-state index contributed by atoms with van der Waals surface area (Å²) < 4.78 is 39.6. The van der Waals surface area contributed by atoms with E-state index in [9.17, 15) is 22.8 Å². The number of aromatic nitrogens is 2.